The smallest absolute Gasteiger partial charge is 0.181 e. The maximum atomic E-state index is 13.5. The monoisotopic (exact) mass is 326 g/mol. The quantitative estimate of drug-likeness (QED) is 0.902. The highest BCUT2D eigenvalue weighted by molar-refractivity contribution is 9.10. The van der Waals surface area contributed by atoms with Crippen molar-refractivity contribution in [2.24, 2.45) is 5.92 Å². The van der Waals surface area contributed by atoms with Gasteiger partial charge in [-0.2, -0.15) is 0 Å². The molecule has 19 heavy (non-hydrogen) atoms. The summed E-state index contributed by atoms with van der Waals surface area (Å²) in [6.45, 7) is 5.80. The van der Waals surface area contributed by atoms with Gasteiger partial charge in [-0.25, -0.2) is 9.37 Å². The Balaban J connectivity index is 2.16. The Morgan fingerprint density at radius 1 is 1.42 bits per heavy atom. The van der Waals surface area contributed by atoms with Crippen LogP contribution in [0.2, 0.25) is 0 Å². The van der Waals surface area contributed by atoms with E-state index < -0.39 is 0 Å². The van der Waals surface area contributed by atoms with Crippen molar-refractivity contribution in [2.45, 2.75) is 20.4 Å². The lowest BCUT2D eigenvalue weighted by Crippen LogP contribution is -2.19. The van der Waals surface area contributed by atoms with E-state index >= 15 is 0 Å². The lowest BCUT2D eigenvalue weighted by Gasteiger charge is -2.07. The third kappa shape index (κ3) is 3.64. The van der Waals surface area contributed by atoms with Crippen molar-refractivity contribution in [2.75, 3.05) is 6.54 Å². The molecular formula is C14H16BrFN2O. The van der Waals surface area contributed by atoms with Gasteiger partial charge in [0.25, 0.3) is 0 Å². The molecule has 0 spiro atoms. The fraction of sp³-hybridized carbons (Fsp3) is 0.357. The van der Waals surface area contributed by atoms with Crippen LogP contribution in [0.4, 0.5) is 4.39 Å². The predicted octanol–water partition coefficient (Wildman–Crippen LogP) is 3.99. The van der Waals surface area contributed by atoms with Crippen LogP contribution in [0.5, 0.6) is 0 Å². The highest BCUT2D eigenvalue weighted by Crippen LogP contribution is 2.26. The summed E-state index contributed by atoms with van der Waals surface area (Å²) in [5.74, 6) is 0.873. The third-order valence-corrected chi connectivity index (χ3v) is 3.31. The highest BCUT2D eigenvalue weighted by atomic mass is 79.9. The molecule has 1 heterocycles. The molecule has 0 fully saturated rings. The molecule has 0 aliphatic rings. The molecule has 0 atom stereocenters. The molecular weight excluding hydrogens is 311 g/mol. The van der Waals surface area contributed by atoms with Gasteiger partial charge >= 0.3 is 0 Å². The van der Waals surface area contributed by atoms with Crippen molar-refractivity contribution >= 4 is 15.9 Å². The Morgan fingerprint density at radius 2 is 2.21 bits per heavy atom. The molecule has 2 rings (SSSR count). The van der Waals surface area contributed by atoms with Crippen molar-refractivity contribution in [3.8, 4) is 11.3 Å². The molecule has 0 aliphatic heterocycles. The molecule has 102 valence electrons. The summed E-state index contributed by atoms with van der Waals surface area (Å²) in [6, 6.07) is 4.91. The van der Waals surface area contributed by atoms with Crippen LogP contribution in [-0.2, 0) is 6.54 Å². The molecule has 0 saturated carbocycles. The van der Waals surface area contributed by atoms with E-state index in [2.05, 4.69) is 40.1 Å². The summed E-state index contributed by atoms with van der Waals surface area (Å²) < 4.78 is 19.3. The van der Waals surface area contributed by atoms with Crippen LogP contribution in [0.15, 0.2) is 33.5 Å². The van der Waals surface area contributed by atoms with Crippen molar-refractivity contribution in [1.29, 1.82) is 0 Å². The minimum Gasteiger partial charge on any atom is -0.443 e. The van der Waals surface area contributed by atoms with Crippen LogP contribution in [0.3, 0.4) is 0 Å². The molecule has 0 saturated heterocycles. The van der Waals surface area contributed by atoms with E-state index in [1.165, 1.54) is 12.5 Å². The standard InChI is InChI=1S/C14H16BrFN2O/c1-9(2)6-17-7-13-14(19-8-18-13)10-3-4-11(15)12(16)5-10/h3-5,8-9,17H,6-7H2,1-2H3. The van der Waals surface area contributed by atoms with Gasteiger partial charge in [-0.15, -0.1) is 0 Å². The van der Waals surface area contributed by atoms with Gasteiger partial charge in [0.15, 0.2) is 12.2 Å². The van der Waals surface area contributed by atoms with E-state index in [9.17, 15) is 4.39 Å². The van der Waals surface area contributed by atoms with Crippen molar-refractivity contribution in [1.82, 2.24) is 10.3 Å². The van der Waals surface area contributed by atoms with E-state index in [-0.39, 0.29) is 5.82 Å². The van der Waals surface area contributed by atoms with Gasteiger partial charge in [-0.1, -0.05) is 13.8 Å². The van der Waals surface area contributed by atoms with Crippen LogP contribution >= 0.6 is 15.9 Å². The Bertz CT molecular complexity index is 554. The Labute approximate surface area is 120 Å². The summed E-state index contributed by atoms with van der Waals surface area (Å²) in [7, 11) is 0. The van der Waals surface area contributed by atoms with Gasteiger partial charge in [0.05, 0.1) is 4.47 Å². The average Bonchev–Trinajstić information content (AvgIpc) is 2.80. The molecule has 0 amide bonds. The van der Waals surface area contributed by atoms with Gasteiger partial charge < -0.3 is 9.73 Å². The SMILES string of the molecule is CC(C)CNCc1ncoc1-c1ccc(Br)c(F)c1. The molecule has 1 aromatic heterocycles. The van der Waals surface area contributed by atoms with Crippen LogP contribution in [0, 0.1) is 11.7 Å². The number of oxazole rings is 1. The number of nitrogens with zero attached hydrogens (tertiary/aromatic N) is 1. The van der Waals surface area contributed by atoms with E-state index in [1.807, 2.05) is 0 Å². The molecule has 0 bridgehead atoms. The fourth-order valence-corrected chi connectivity index (χ4v) is 1.99. The number of rotatable bonds is 5. The Hall–Kier alpha value is -1.20. The summed E-state index contributed by atoms with van der Waals surface area (Å²) in [5.41, 5.74) is 1.49. The largest absolute Gasteiger partial charge is 0.443 e. The molecule has 1 N–H and O–H groups in total. The lowest BCUT2D eigenvalue weighted by atomic mass is 10.1. The first kappa shape index (κ1) is 14.2. The van der Waals surface area contributed by atoms with Gasteiger partial charge in [0.2, 0.25) is 0 Å². The summed E-state index contributed by atoms with van der Waals surface area (Å²) in [6.07, 6.45) is 1.39. The third-order valence-electron chi connectivity index (χ3n) is 2.67. The summed E-state index contributed by atoms with van der Waals surface area (Å²) in [4.78, 5) is 4.18. The normalized spacial score (nSPS) is 11.2. The summed E-state index contributed by atoms with van der Waals surface area (Å²) >= 11 is 3.14. The molecule has 0 radical (unpaired) electrons. The second-order valence-corrected chi connectivity index (χ2v) is 5.64. The van der Waals surface area contributed by atoms with Gasteiger partial charge in [-0.05, 0) is 46.6 Å². The number of nitrogens with one attached hydrogen (secondary N) is 1. The topological polar surface area (TPSA) is 38.1 Å². The summed E-state index contributed by atoms with van der Waals surface area (Å²) in [5, 5.41) is 3.30. The van der Waals surface area contributed by atoms with E-state index in [1.54, 1.807) is 12.1 Å². The second-order valence-electron chi connectivity index (χ2n) is 4.78. The maximum absolute atomic E-state index is 13.5. The van der Waals surface area contributed by atoms with E-state index in [0.29, 0.717) is 28.3 Å². The molecule has 5 heteroatoms. The van der Waals surface area contributed by atoms with Crippen LogP contribution in [0.25, 0.3) is 11.3 Å². The van der Waals surface area contributed by atoms with Crippen LogP contribution in [-0.4, -0.2) is 11.5 Å². The van der Waals surface area contributed by atoms with Crippen molar-refractivity contribution in [3.63, 3.8) is 0 Å². The lowest BCUT2D eigenvalue weighted by molar-refractivity contribution is 0.544. The molecule has 1 aromatic carbocycles. The van der Waals surface area contributed by atoms with Crippen LogP contribution < -0.4 is 5.32 Å². The highest BCUT2D eigenvalue weighted by Gasteiger charge is 2.12. The average molecular weight is 327 g/mol. The molecule has 2 aromatic rings. The first-order valence-electron chi connectivity index (χ1n) is 6.16. The Morgan fingerprint density at radius 3 is 2.89 bits per heavy atom. The minimum atomic E-state index is -0.310. The van der Waals surface area contributed by atoms with Crippen molar-refractivity contribution < 1.29 is 8.81 Å². The number of hydrogen-bond acceptors (Lipinski definition) is 3. The maximum Gasteiger partial charge on any atom is 0.181 e. The molecule has 0 unspecified atom stereocenters. The first-order valence-corrected chi connectivity index (χ1v) is 6.95. The van der Waals surface area contributed by atoms with E-state index in [4.69, 9.17) is 4.42 Å². The van der Waals surface area contributed by atoms with Crippen LogP contribution in [0.1, 0.15) is 19.5 Å². The minimum absolute atomic E-state index is 0.310. The van der Waals surface area contributed by atoms with Gasteiger partial charge in [-0.3, -0.25) is 0 Å². The zero-order valence-corrected chi connectivity index (χ0v) is 12.5. The number of benzene rings is 1. The van der Waals surface area contributed by atoms with Gasteiger partial charge in [0.1, 0.15) is 11.5 Å². The zero-order valence-electron chi connectivity index (χ0n) is 10.9. The predicted molar refractivity (Wildman–Crippen MR) is 76.1 cm³/mol. The molecule has 3 nitrogen and oxygen atoms in total. The number of halogens is 2. The van der Waals surface area contributed by atoms with E-state index in [0.717, 1.165) is 12.2 Å². The second kappa shape index (κ2) is 6.30. The molecule has 0 aliphatic carbocycles. The first-order chi connectivity index (χ1) is 9.08. The Kier molecular flexibility index (Phi) is 4.71. The van der Waals surface area contributed by atoms with Gasteiger partial charge in [0, 0.05) is 12.1 Å². The zero-order chi connectivity index (χ0) is 13.8. The van der Waals surface area contributed by atoms with Crippen molar-refractivity contribution in [3.05, 3.63) is 40.6 Å². The number of hydrogen-bond donors (Lipinski definition) is 1. The number of aromatic nitrogens is 1. The fourth-order valence-electron chi connectivity index (χ4n) is 1.75.